The highest BCUT2D eigenvalue weighted by molar-refractivity contribution is 6.07. The summed E-state index contributed by atoms with van der Waals surface area (Å²) in [6, 6.07) is 5.29. The summed E-state index contributed by atoms with van der Waals surface area (Å²) in [6.45, 7) is 1.98. The van der Waals surface area contributed by atoms with Crippen LogP contribution in [0.3, 0.4) is 0 Å². The predicted octanol–water partition coefficient (Wildman–Crippen LogP) is 1.11. The van der Waals surface area contributed by atoms with Crippen LogP contribution in [0, 0.1) is 6.92 Å². The predicted molar refractivity (Wildman–Crippen MR) is 74.1 cm³/mol. The van der Waals surface area contributed by atoms with Crippen LogP contribution in [0.15, 0.2) is 24.5 Å². The standard InChI is InChI=1S/C14H14N4O2/c1-8-3-4-10-9(5-8)13(16-7-15-10)17-11-6-12(19)18(2)14(11)20/h3-5,7,11H,6H2,1-2H3,(H,15,16,17)/t11-/m1/s1. The molecule has 0 bridgehead atoms. The molecule has 1 aliphatic heterocycles. The van der Waals surface area contributed by atoms with Crippen molar-refractivity contribution in [1.29, 1.82) is 0 Å². The van der Waals surface area contributed by atoms with E-state index in [1.807, 2.05) is 25.1 Å². The summed E-state index contributed by atoms with van der Waals surface area (Å²) in [7, 11) is 1.49. The molecule has 2 aromatic rings. The van der Waals surface area contributed by atoms with Crippen molar-refractivity contribution in [3.05, 3.63) is 30.1 Å². The maximum Gasteiger partial charge on any atom is 0.251 e. The first-order valence-electron chi connectivity index (χ1n) is 6.34. The lowest BCUT2D eigenvalue weighted by Gasteiger charge is -2.13. The molecule has 1 fully saturated rings. The minimum absolute atomic E-state index is 0.159. The maximum atomic E-state index is 11.9. The topological polar surface area (TPSA) is 75.2 Å². The molecule has 2 amide bonds. The van der Waals surface area contributed by atoms with Gasteiger partial charge in [0.25, 0.3) is 5.91 Å². The number of aryl methyl sites for hydroxylation is 1. The molecular formula is C14H14N4O2. The Morgan fingerprint density at radius 1 is 1.30 bits per heavy atom. The molecule has 0 spiro atoms. The highest BCUT2D eigenvalue weighted by Gasteiger charge is 2.36. The normalized spacial score (nSPS) is 18.9. The average molecular weight is 270 g/mol. The first kappa shape index (κ1) is 12.5. The van der Waals surface area contributed by atoms with Crippen LogP contribution in [0.1, 0.15) is 12.0 Å². The molecule has 0 unspecified atom stereocenters. The number of benzene rings is 1. The number of hydrogen-bond donors (Lipinski definition) is 1. The highest BCUT2D eigenvalue weighted by atomic mass is 16.2. The van der Waals surface area contributed by atoms with Crippen molar-refractivity contribution in [1.82, 2.24) is 14.9 Å². The molecule has 2 heterocycles. The summed E-state index contributed by atoms with van der Waals surface area (Å²) < 4.78 is 0. The summed E-state index contributed by atoms with van der Waals surface area (Å²) in [5.74, 6) is 0.177. The van der Waals surface area contributed by atoms with Gasteiger partial charge in [-0.1, -0.05) is 11.6 Å². The third kappa shape index (κ3) is 1.99. The largest absolute Gasteiger partial charge is 0.357 e. The summed E-state index contributed by atoms with van der Waals surface area (Å²) in [5.41, 5.74) is 1.89. The molecule has 1 aromatic heterocycles. The number of rotatable bonds is 2. The van der Waals surface area contributed by atoms with Gasteiger partial charge in [0.05, 0.1) is 11.9 Å². The number of fused-ring (bicyclic) bond motifs is 1. The zero-order chi connectivity index (χ0) is 14.3. The van der Waals surface area contributed by atoms with Crippen molar-refractivity contribution in [3.63, 3.8) is 0 Å². The second-order valence-electron chi connectivity index (χ2n) is 4.93. The third-order valence-electron chi connectivity index (χ3n) is 3.48. The van der Waals surface area contributed by atoms with E-state index in [0.717, 1.165) is 21.4 Å². The number of anilines is 1. The Balaban J connectivity index is 1.97. The van der Waals surface area contributed by atoms with Gasteiger partial charge >= 0.3 is 0 Å². The van der Waals surface area contributed by atoms with Crippen molar-refractivity contribution in [2.24, 2.45) is 0 Å². The van der Waals surface area contributed by atoms with Crippen LogP contribution in [0.25, 0.3) is 10.9 Å². The van der Waals surface area contributed by atoms with E-state index >= 15 is 0 Å². The molecule has 0 saturated carbocycles. The Kier molecular flexibility index (Phi) is 2.85. The number of carbonyl (C=O) groups excluding carboxylic acids is 2. The third-order valence-corrected chi connectivity index (χ3v) is 3.48. The lowest BCUT2D eigenvalue weighted by atomic mass is 10.1. The number of carbonyl (C=O) groups is 2. The average Bonchev–Trinajstić information content (AvgIpc) is 2.67. The van der Waals surface area contributed by atoms with Gasteiger partial charge in [-0.05, 0) is 19.1 Å². The minimum atomic E-state index is -0.550. The lowest BCUT2D eigenvalue weighted by Crippen LogP contribution is -2.32. The minimum Gasteiger partial charge on any atom is -0.357 e. The molecule has 0 aliphatic carbocycles. The molecule has 6 heteroatoms. The van der Waals surface area contributed by atoms with E-state index in [9.17, 15) is 9.59 Å². The second-order valence-corrected chi connectivity index (χ2v) is 4.93. The molecule has 102 valence electrons. The molecule has 0 radical (unpaired) electrons. The van der Waals surface area contributed by atoms with E-state index in [4.69, 9.17) is 0 Å². The Hall–Kier alpha value is -2.50. The smallest absolute Gasteiger partial charge is 0.251 e. The van der Waals surface area contributed by atoms with E-state index in [1.54, 1.807) is 0 Å². The molecular weight excluding hydrogens is 256 g/mol. The van der Waals surface area contributed by atoms with Crippen molar-refractivity contribution in [2.75, 3.05) is 12.4 Å². The zero-order valence-corrected chi connectivity index (χ0v) is 11.3. The molecule has 6 nitrogen and oxygen atoms in total. The molecule has 1 aromatic carbocycles. The van der Waals surface area contributed by atoms with Gasteiger partial charge in [0.1, 0.15) is 18.2 Å². The van der Waals surface area contributed by atoms with Gasteiger partial charge in [-0.2, -0.15) is 0 Å². The molecule has 20 heavy (non-hydrogen) atoms. The quantitative estimate of drug-likeness (QED) is 0.827. The van der Waals surface area contributed by atoms with Crippen molar-refractivity contribution < 1.29 is 9.59 Å². The van der Waals surface area contributed by atoms with Crippen LogP contribution in [0.2, 0.25) is 0 Å². The van der Waals surface area contributed by atoms with Crippen molar-refractivity contribution in [3.8, 4) is 0 Å². The van der Waals surface area contributed by atoms with E-state index in [2.05, 4.69) is 15.3 Å². The Labute approximate surface area is 115 Å². The van der Waals surface area contributed by atoms with E-state index in [0.29, 0.717) is 5.82 Å². The summed E-state index contributed by atoms with van der Waals surface area (Å²) in [6.07, 6.45) is 1.61. The molecule has 1 aliphatic rings. The van der Waals surface area contributed by atoms with Crippen LogP contribution < -0.4 is 5.32 Å². The molecule has 1 atom stereocenters. The number of amides is 2. The number of hydrogen-bond acceptors (Lipinski definition) is 5. The lowest BCUT2D eigenvalue weighted by molar-refractivity contribution is -0.136. The maximum absolute atomic E-state index is 11.9. The van der Waals surface area contributed by atoms with Crippen LogP contribution in [0.4, 0.5) is 5.82 Å². The Morgan fingerprint density at radius 3 is 2.80 bits per heavy atom. The summed E-state index contributed by atoms with van der Waals surface area (Å²) in [4.78, 5) is 33.0. The first-order valence-corrected chi connectivity index (χ1v) is 6.34. The summed E-state index contributed by atoms with van der Waals surface area (Å²) in [5, 5.41) is 3.91. The number of aromatic nitrogens is 2. The number of nitrogens with zero attached hydrogens (tertiary/aromatic N) is 3. The molecule has 1 N–H and O–H groups in total. The van der Waals surface area contributed by atoms with Gasteiger partial charge in [-0.15, -0.1) is 0 Å². The number of likely N-dealkylation sites (N-methyl/N-ethyl adjacent to an activating group) is 1. The zero-order valence-electron chi connectivity index (χ0n) is 11.3. The van der Waals surface area contributed by atoms with Gasteiger partial charge in [0.2, 0.25) is 5.91 Å². The van der Waals surface area contributed by atoms with Gasteiger partial charge < -0.3 is 5.32 Å². The Morgan fingerprint density at radius 2 is 2.10 bits per heavy atom. The van der Waals surface area contributed by atoms with Crippen LogP contribution >= 0.6 is 0 Å². The van der Waals surface area contributed by atoms with Gasteiger partial charge in [-0.25, -0.2) is 9.97 Å². The molecule has 3 rings (SSSR count). The van der Waals surface area contributed by atoms with E-state index in [1.165, 1.54) is 13.4 Å². The number of likely N-dealkylation sites (tertiary alicyclic amines) is 1. The first-order chi connectivity index (χ1) is 9.56. The fourth-order valence-electron chi connectivity index (χ4n) is 2.32. The second kappa shape index (κ2) is 4.56. The van der Waals surface area contributed by atoms with Crippen molar-refractivity contribution in [2.45, 2.75) is 19.4 Å². The van der Waals surface area contributed by atoms with Crippen LogP contribution in [-0.4, -0.2) is 39.8 Å². The monoisotopic (exact) mass is 270 g/mol. The Bertz CT molecular complexity index is 713. The summed E-state index contributed by atoms with van der Waals surface area (Å²) >= 11 is 0. The number of nitrogens with one attached hydrogen (secondary N) is 1. The van der Waals surface area contributed by atoms with Crippen molar-refractivity contribution >= 4 is 28.5 Å². The highest BCUT2D eigenvalue weighted by Crippen LogP contribution is 2.23. The van der Waals surface area contributed by atoms with Gasteiger partial charge in [-0.3, -0.25) is 14.5 Å². The van der Waals surface area contributed by atoms with Crippen LogP contribution in [0.5, 0.6) is 0 Å². The van der Waals surface area contributed by atoms with Gasteiger partial charge in [0.15, 0.2) is 0 Å². The van der Waals surface area contributed by atoms with E-state index < -0.39 is 6.04 Å². The number of imide groups is 1. The fraction of sp³-hybridized carbons (Fsp3) is 0.286. The van der Waals surface area contributed by atoms with Crippen LogP contribution in [-0.2, 0) is 9.59 Å². The van der Waals surface area contributed by atoms with Gasteiger partial charge in [0, 0.05) is 12.4 Å². The van der Waals surface area contributed by atoms with E-state index in [-0.39, 0.29) is 18.2 Å². The fourth-order valence-corrected chi connectivity index (χ4v) is 2.32. The molecule has 1 saturated heterocycles. The SMILES string of the molecule is Cc1ccc2ncnc(N[C@@H]3CC(=O)N(C)C3=O)c2c1.